The number of carbonyl (C=O) groups excluding carboxylic acids is 1. The van der Waals surface area contributed by atoms with E-state index in [1.807, 2.05) is 0 Å². The van der Waals surface area contributed by atoms with Crippen molar-refractivity contribution < 1.29 is 9.72 Å². The Labute approximate surface area is 84.9 Å². The minimum atomic E-state index is -0.462. The quantitative estimate of drug-likeness (QED) is 0.462. The van der Waals surface area contributed by atoms with Gasteiger partial charge >= 0.3 is 0 Å². The topological polar surface area (TPSA) is 76.0 Å². The van der Waals surface area contributed by atoms with Crippen LogP contribution in [-0.4, -0.2) is 16.2 Å². The largest absolute Gasteiger partial charge is 0.358 e. The minimum Gasteiger partial charge on any atom is -0.358 e. The fraction of sp³-hybridized carbons (Fsp3) is 0.100. The predicted octanol–water partition coefficient (Wildman–Crippen LogP) is 2.20. The van der Waals surface area contributed by atoms with Gasteiger partial charge in [0, 0.05) is 28.8 Å². The number of carbonyl (C=O) groups is 1. The van der Waals surface area contributed by atoms with Crippen LogP contribution in [-0.2, 0) is 0 Å². The number of nitrogens with zero attached hydrogens (tertiary/aromatic N) is 1. The molecule has 5 heteroatoms. The number of aromatic amines is 1. The van der Waals surface area contributed by atoms with Crippen molar-refractivity contribution in [3.63, 3.8) is 0 Å². The molecule has 1 aromatic heterocycles. The van der Waals surface area contributed by atoms with Gasteiger partial charge < -0.3 is 4.98 Å². The number of aryl methyl sites for hydroxylation is 1. The molecule has 0 saturated carbocycles. The van der Waals surface area contributed by atoms with E-state index in [1.54, 1.807) is 13.0 Å². The SMILES string of the molecule is Cc1[nH]c2cc([N+](=O)[O-])ccc2c1C=O. The van der Waals surface area contributed by atoms with Gasteiger partial charge in [-0.25, -0.2) is 0 Å². The van der Waals surface area contributed by atoms with E-state index in [1.165, 1.54) is 12.1 Å². The highest BCUT2D eigenvalue weighted by atomic mass is 16.6. The maximum absolute atomic E-state index is 10.8. The Morgan fingerprint density at radius 1 is 1.47 bits per heavy atom. The standard InChI is InChI=1S/C10H8N2O3/c1-6-9(5-13)8-3-2-7(12(14)15)4-10(8)11-6/h2-5,11H,1H3. The Balaban J connectivity index is 2.75. The van der Waals surface area contributed by atoms with E-state index < -0.39 is 4.92 Å². The van der Waals surface area contributed by atoms with Crippen LogP contribution in [0.5, 0.6) is 0 Å². The Kier molecular flexibility index (Phi) is 2.00. The lowest BCUT2D eigenvalue weighted by atomic mass is 10.1. The summed E-state index contributed by atoms with van der Waals surface area (Å²) in [4.78, 5) is 23.8. The fourth-order valence-electron chi connectivity index (χ4n) is 1.61. The Bertz CT molecular complexity index is 557. The fourth-order valence-corrected chi connectivity index (χ4v) is 1.61. The van der Waals surface area contributed by atoms with Gasteiger partial charge in [-0.05, 0) is 13.0 Å². The second kappa shape index (κ2) is 3.20. The van der Waals surface area contributed by atoms with Gasteiger partial charge in [-0.15, -0.1) is 0 Å². The van der Waals surface area contributed by atoms with Crippen LogP contribution in [0.15, 0.2) is 18.2 Å². The summed E-state index contributed by atoms with van der Waals surface area (Å²) in [5, 5.41) is 11.2. The molecule has 0 spiro atoms. The molecule has 1 heterocycles. The zero-order valence-electron chi connectivity index (χ0n) is 7.98. The van der Waals surface area contributed by atoms with Crippen molar-refractivity contribution in [3.05, 3.63) is 39.6 Å². The van der Waals surface area contributed by atoms with Crippen LogP contribution in [0, 0.1) is 17.0 Å². The summed E-state index contributed by atoms with van der Waals surface area (Å²) in [6, 6.07) is 4.40. The van der Waals surface area contributed by atoms with Gasteiger partial charge in [-0.2, -0.15) is 0 Å². The first-order valence-corrected chi connectivity index (χ1v) is 4.35. The molecule has 2 aromatic rings. The molecule has 0 aliphatic rings. The second-order valence-corrected chi connectivity index (χ2v) is 3.27. The third-order valence-corrected chi connectivity index (χ3v) is 2.35. The highest BCUT2D eigenvalue weighted by Crippen LogP contribution is 2.24. The second-order valence-electron chi connectivity index (χ2n) is 3.27. The van der Waals surface area contributed by atoms with E-state index in [2.05, 4.69) is 4.98 Å². The van der Waals surface area contributed by atoms with E-state index in [0.717, 1.165) is 12.0 Å². The van der Waals surface area contributed by atoms with Crippen LogP contribution in [0.2, 0.25) is 0 Å². The van der Waals surface area contributed by atoms with Crippen molar-refractivity contribution >= 4 is 22.9 Å². The van der Waals surface area contributed by atoms with Gasteiger partial charge in [-0.3, -0.25) is 14.9 Å². The van der Waals surface area contributed by atoms with Crippen molar-refractivity contribution in [1.82, 2.24) is 4.98 Å². The monoisotopic (exact) mass is 204 g/mol. The number of aromatic nitrogens is 1. The molecule has 0 aliphatic carbocycles. The zero-order chi connectivity index (χ0) is 11.0. The number of nitrogens with one attached hydrogen (secondary N) is 1. The van der Waals surface area contributed by atoms with Crippen LogP contribution < -0.4 is 0 Å². The Hall–Kier alpha value is -2.17. The molecule has 1 N–H and O–H groups in total. The van der Waals surface area contributed by atoms with Crippen molar-refractivity contribution in [2.45, 2.75) is 6.92 Å². The number of hydrogen-bond acceptors (Lipinski definition) is 3. The Morgan fingerprint density at radius 3 is 2.80 bits per heavy atom. The molecule has 0 atom stereocenters. The van der Waals surface area contributed by atoms with E-state index >= 15 is 0 Å². The van der Waals surface area contributed by atoms with Crippen molar-refractivity contribution in [2.75, 3.05) is 0 Å². The van der Waals surface area contributed by atoms with Crippen LogP contribution in [0.1, 0.15) is 16.1 Å². The molecule has 5 nitrogen and oxygen atoms in total. The third kappa shape index (κ3) is 1.38. The maximum atomic E-state index is 10.8. The molecule has 1 aromatic carbocycles. The summed E-state index contributed by atoms with van der Waals surface area (Å²) >= 11 is 0. The third-order valence-electron chi connectivity index (χ3n) is 2.35. The summed E-state index contributed by atoms with van der Waals surface area (Å²) in [6.45, 7) is 1.76. The van der Waals surface area contributed by atoms with Gasteiger partial charge in [0.05, 0.1) is 10.4 Å². The van der Waals surface area contributed by atoms with Crippen LogP contribution in [0.4, 0.5) is 5.69 Å². The average Bonchev–Trinajstić information content (AvgIpc) is 2.51. The summed E-state index contributed by atoms with van der Waals surface area (Å²) in [5.41, 5.74) is 1.91. The van der Waals surface area contributed by atoms with E-state index in [0.29, 0.717) is 16.5 Å². The Morgan fingerprint density at radius 2 is 2.20 bits per heavy atom. The first-order chi connectivity index (χ1) is 7.13. The molecule has 0 saturated heterocycles. The van der Waals surface area contributed by atoms with Crippen molar-refractivity contribution in [2.24, 2.45) is 0 Å². The number of nitro benzene ring substituents is 1. The molecule has 76 valence electrons. The van der Waals surface area contributed by atoms with Crippen LogP contribution in [0.3, 0.4) is 0 Å². The molecule has 0 radical (unpaired) electrons. The van der Waals surface area contributed by atoms with E-state index in [9.17, 15) is 14.9 Å². The van der Waals surface area contributed by atoms with Crippen molar-refractivity contribution in [1.29, 1.82) is 0 Å². The molecular formula is C10H8N2O3. The van der Waals surface area contributed by atoms with Gasteiger partial charge in [0.15, 0.2) is 6.29 Å². The van der Waals surface area contributed by atoms with Crippen LogP contribution >= 0.6 is 0 Å². The molecule has 0 aliphatic heterocycles. The van der Waals surface area contributed by atoms with Gasteiger partial charge in [-0.1, -0.05) is 0 Å². The average molecular weight is 204 g/mol. The van der Waals surface area contributed by atoms with Gasteiger partial charge in [0.2, 0.25) is 0 Å². The lowest BCUT2D eigenvalue weighted by Crippen LogP contribution is -1.86. The normalized spacial score (nSPS) is 10.5. The number of rotatable bonds is 2. The molecule has 2 rings (SSSR count). The lowest BCUT2D eigenvalue weighted by molar-refractivity contribution is -0.384. The molecule has 15 heavy (non-hydrogen) atoms. The summed E-state index contributed by atoms with van der Waals surface area (Å²) in [6.07, 6.45) is 0.750. The molecule has 0 unspecified atom stereocenters. The first kappa shape index (κ1) is 9.39. The highest BCUT2D eigenvalue weighted by molar-refractivity contribution is 5.99. The van der Waals surface area contributed by atoms with Gasteiger partial charge in [0.1, 0.15) is 0 Å². The summed E-state index contributed by atoms with van der Waals surface area (Å²) in [7, 11) is 0. The number of aldehydes is 1. The van der Waals surface area contributed by atoms with E-state index in [-0.39, 0.29) is 5.69 Å². The van der Waals surface area contributed by atoms with E-state index in [4.69, 9.17) is 0 Å². The lowest BCUT2D eigenvalue weighted by Gasteiger charge is -1.91. The highest BCUT2D eigenvalue weighted by Gasteiger charge is 2.11. The molecular weight excluding hydrogens is 196 g/mol. The van der Waals surface area contributed by atoms with Gasteiger partial charge in [0.25, 0.3) is 5.69 Å². The maximum Gasteiger partial charge on any atom is 0.271 e. The smallest absolute Gasteiger partial charge is 0.271 e. The summed E-state index contributed by atoms with van der Waals surface area (Å²) < 4.78 is 0. The number of benzene rings is 1. The molecule has 0 fully saturated rings. The minimum absolute atomic E-state index is 0.0150. The molecule has 0 bridgehead atoms. The molecule has 0 amide bonds. The van der Waals surface area contributed by atoms with Crippen molar-refractivity contribution in [3.8, 4) is 0 Å². The number of H-pyrrole nitrogens is 1. The number of fused-ring (bicyclic) bond motifs is 1. The number of hydrogen-bond donors (Lipinski definition) is 1. The first-order valence-electron chi connectivity index (χ1n) is 4.35. The summed E-state index contributed by atoms with van der Waals surface area (Å²) in [5.74, 6) is 0. The van der Waals surface area contributed by atoms with Crippen LogP contribution in [0.25, 0.3) is 10.9 Å². The predicted molar refractivity (Wildman–Crippen MR) is 55.1 cm³/mol. The zero-order valence-corrected chi connectivity index (χ0v) is 7.98. The number of nitro groups is 1. The number of non-ortho nitro benzene ring substituents is 1.